The molecule has 0 aliphatic heterocycles. The maximum Gasteiger partial charge on any atom is 0.332 e. The Morgan fingerprint density at radius 2 is 2.15 bits per heavy atom. The fourth-order valence-electron chi connectivity index (χ4n) is 1.33. The van der Waals surface area contributed by atoms with E-state index < -0.39 is 23.9 Å². The number of aliphatic carboxylic acids is 1. The molecule has 106 valence electrons. The predicted octanol–water partition coefficient (Wildman–Crippen LogP) is 0.654. The highest BCUT2D eigenvalue weighted by molar-refractivity contribution is 5.90. The molecule has 0 unspecified atom stereocenters. The fourth-order valence-corrected chi connectivity index (χ4v) is 1.33. The first-order chi connectivity index (χ1) is 9.43. The monoisotopic (exact) mass is 281 g/mol. The number of carboxylic acids is 1. The number of anilines is 1. The van der Waals surface area contributed by atoms with Gasteiger partial charge in [0.05, 0.1) is 11.3 Å². The van der Waals surface area contributed by atoms with Crippen LogP contribution in [0.4, 0.5) is 14.9 Å². The highest BCUT2D eigenvalue weighted by Crippen LogP contribution is 2.15. The molecule has 0 bridgehead atoms. The van der Waals surface area contributed by atoms with Crippen LogP contribution >= 0.6 is 0 Å². The zero-order chi connectivity index (χ0) is 15.1. The number of nitrogens with zero attached hydrogens (tertiary/aromatic N) is 1. The van der Waals surface area contributed by atoms with Crippen LogP contribution in [0.1, 0.15) is 12.0 Å². The van der Waals surface area contributed by atoms with Gasteiger partial charge in [-0.2, -0.15) is 5.26 Å². The Morgan fingerprint density at radius 1 is 1.45 bits per heavy atom. The number of amides is 2. The van der Waals surface area contributed by atoms with Gasteiger partial charge < -0.3 is 20.8 Å². The van der Waals surface area contributed by atoms with E-state index in [0.717, 1.165) is 12.1 Å². The summed E-state index contributed by atoms with van der Waals surface area (Å²) in [6.45, 7) is -0.0671. The summed E-state index contributed by atoms with van der Waals surface area (Å²) >= 11 is 0. The van der Waals surface area contributed by atoms with Crippen molar-refractivity contribution in [1.29, 1.82) is 5.26 Å². The Morgan fingerprint density at radius 3 is 2.75 bits per heavy atom. The normalized spacial score (nSPS) is 11.2. The SMILES string of the molecule is N#Cc1cc(F)ccc1NC(=O)NCC[C@H](O)C(=O)O. The third kappa shape index (κ3) is 4.55. The Kier molecular flexibility index (Phi) is 5.43. The van der Waals surface area contributed by atoms with Crippen LogP contribution in [0.3, 0.4) is 0 Å². The number of benzene rings is 1. The van der Waals surface area contributed by atoms with E-state index in [4.69, 9.17) is 15.5 Å². The van der Waals surface area contributed by atoms with Gasteiger partial charge in [-0.3, -0.25) is 0 Å². The van der Waals surface area contributed by atoms with Crippen LogP contribution in [-0.4, -0.2) is 34.9 Å². The molecule has 0 saturated heterocycles. The van der Waals surface area contributed by atoms with E-state index in [-0.39, 0.29) is 24.2 Å². The summed E-state index contributed by atoms with van der Waals surface area (Å²) in [6.07, 6.45) is -1.71. The van der Waals surface area contributed by atoms with E-state index in [1.54, 1.807) is 6.07 Å². The largest absolute Gasteiger partial charge is 0.479 e. The topological polar surface area (TPSA) is 122 Å². The number of aliphatic hydroxyl groups excluding tert-OH is 1. The van der Waals surface area contributed by atoms with E-state index in [1.165, 1.54) is 6.07 Å². The molecule has 0 aliphatic carbocycles. The molecule has 1 aromatic rings. The number of carbonyl (C=O) groups excluding carboxylic acids is 1. The molecular weight excluding hydrogens is 269 g/mol. The van der Waals surface area contributed by atoms with Crippen molar-refractivity contribution in [2.45, 2.75) is 12.5 Å². The summed E-state index contributed by atoms with van der Waals surface area (Å²) in [5, 5.41) is 30.8. The molecule has 0 aromatic heterocycles. The average Bonchev–Trinajstić information content (AvgIpc) is 2.40. The second-order valence-corrected chi connectivity index (χ2v) is 3.83. The first-order valence-corrected chi connectivity index (χ1v) is 5.59. The van der Waals surface area contributed by atoms with E-state index in [2.05, 4.69) is 10.6 Å². The first kappa shape index (κ1) is 15.4. The fraction of sp³-hybridized carbons (Fsp3) is 0.250. The molecular formula is C12H12FN3O4. The number of carbonyl (C=O) groups is 2. The van der Waals surface area contributed by atoms with Crippen LogP contribution < -0.4 is 10.6 Å². The molecule has 1 rings (SSSR count). The molecule has 7 nitrogen and oxygen atoms in total. The summed E-state index contributed by atoms with van der Waals surface area (Å²) in [5.74, 6) is -1.98. The molecule has 0 saturated carbocycles. The van der Waals surface area contributed by atoms with Crippen LogP contribution in [0, 0.1) is 17.1 Å². The van der Waals surface area contributed by atoms with E-state index in [9.17, 15) is 14.0 Å². The van der Waals surface area contributed by atoms with Crippen molar-refractivity contribution in [3.05, 3.63) is 29.6 Å². The Hall–Kier alpha value is -2.66. The lowest BCUT2D eigenvalue weighted by Gasteiger charge is -2.10. The number of urea groups is 1. The molecule has 0 spiro atoms. The third-order valence-electron chi connectivity index (χ3n) is 2.34. The minimum Gasteiger partial charge on any atom is -0.479 e. The van der Waals surface area contributed by atoms with Gasteiger partial charge in [0.2, 0.25) is 0 Å². The lowest BCUT2D eigenvalue weighted by molar-refractivity contribution is -0.146. The van der Waals surface area contributed by atoms with Crippen molar-refractivity contribution in [3.8, 4) is 6.07 Å². The van der Waals surface area contributed by atoms with E-state index >= 15 is 0 Å². The maximum atomic E-state index is 12.9. The molecule has 0 fully saturated rings. The number of hydrogen-bond acceptors (Lipinski definition) is 4. The van der Waals surface area contributed by atoms with Gasteiger partial charge in [0.25, 0.3) is 0 Å². The van der Waals surface area contributed by atoms with Gasteiger partial charge >= 0.3 is 12.0 Å². The van der Waals surface area contributed by atoms with Crippen LogP contribution in [-0.2, 0) is 4.79 Å². The minimum atomic E-state index is -1.56. The van der Waals surface area contributed by atoms with Crippen LogP contribution in [0.25, 0.3) is 0 Å². The Bertz CT molecular complexity index is 556. The lowest BCUT2D eigenvalue weighted by Crippen LogP contribution is -2.33. The van der Waals surface area contributed by atoms with Gasteiger partial charge in [0.1, 0.15) is 11.9 Å². The summed E-state index contributed by atoms with van der Waals surface area (Å²) in [4.78, 5) is 21.8. The van der Waals surface area contributed by atoms with Crippen LogP contribution in [0.5, 0.6) is 0 Å². The Labute approximate surface area is 113 Å². The smallest absolute Gasteiger partial charge is 0.332 e. The zero-order valence-corrected chi connectivity index (χ0v) is 10.3. The second kappa shape index (κ2) is 7.06. The number of nitrogens with one attached hydrogen (secondary N) is 2. The van der Waals surface area contributed by atoms with Gasteiger partial charge in [-0.05, 0) is 18.2 Å². The quantitative estimate of drug-likeness (QED) is 0.631. The van der Waals surface area contributed by atoms with Gasteiger partial charge in [0.15, 0.2) is 6.10 Å². The molecule has 1 aromatic carbocycles. The summed E-state index contributed by atoms with van der Waals surface area (Å²) < 4.78 is 12.9. The van der Waals surface area contributed by atoms with Gasteiger partial charge in [-0.15, -0.1) is 0 Å². The van der Waals surface area contributed by atoms with E-state index in [0.29, 0.717) is 0 Å². The summed E-state index contributed by atoms with van der Waals surface area (Å²) in [7, 11) is 0. The van der Waals surface area contributed by atoms with Crippen molar-refractivity contribution >= 4 is 17.7 Å². The number of hydrogen-bond donors (Lipinski definition) is 4. The molecule has 2 amide bonds. The van der Waals surface area contributed by atoms with Crippen molar-refractivity contribution in [3.63, 3.8) is 0 Å². The number of nitriles is 1. The maximum absolute atomic E-state index is 12.9. The second-order valence-electron chi connectivity index (χ2n) is 3.83. The molecule has 20 heavy (non-hydrogen) atoms. The molecule has 4 N–H and O–H groups in total. The Balaban J connectivity index is 2.51. The highest BCUT2D eigenvalue weighted by atomic mass is 19.1. The van der Waals surface area contributed by atoms with Crippen molar-refractivity contribution in [1.82, 2.24) is 5.32 Å². The summed E-state index contributed by atoms with van der Waals surface area (Å²) in [6, 6.07) is 4.34. The molecule has 0 aliphatic rings. The van der Waals surface area contributed by atoms with Gasteiger partial charge in [0, 0.05) is 13.0 Å². The lowest BCUT2D eigenvalue weighted by atomic mass is 10.2. The molecule has 8 heteroatoms. The number of halogens is 1. The molecule has 0 radical (unpaired) electrons. The average molecular weight is 281 g/mol. The van der Waals surface area contributed by atoms with Gasteiger partial charge in [-0.25, -0.2) is 14.0 Å². The minimum absolute atomic E-state index is 0.0364. The number of aliphatic hydroxyl groups is 1. The number of rotatable bonds is 5. The highest BCUT2D eigenvalue weighted by Gasteiger charge is 2.13. The molecule has 0 heterocycles. The van der Waals surface area contributed by atoms with Crippen LogP contribution in [0.2, 0.25) is 0 Å². The van der Waals surface area contributed by atoms with Gasteiger partial charge in [-0.1, -0.05) is 0 Å². The standard InChI is InChI=1S/C12H12FN3O4/c13-8-1-2-9(7(5-8)6-14)16-12(20)15-4-3-10(17)11(18)19/h1-2,5,10,17H,3-4H2,(H,18,19)(H2,15,16,20)/t10-/m0/s1. The zero-order valence-electron chi connectivity index (χ0n) is 10.3. The van der Waals surface area contributed by atoms with Crippen molar-refractivity contribution in [2.24, 2.45) is 0 Å². The number of carboxylic acid groups (broad SMARTS) is 1. The predicted molar refractivity (Wildman–Crippen MR) is 66.4 cm³/mol. The third-order valence-corrected chi connectivity index (χ3v) is 2.34. The van der Waals surface area contributed by atoms with E-state index in [1.807, 2.05) is 0 Å². The van der Waals surface area contributed by atoms with Crippen LogP contribution in [0.15, 0.2) is 18.2 Å². The summed E-state index contributed by atoms with van der Waals surface area (Å²) in [5.41, 5.74) is 0.0934. The molecule has 1 atom stereocenters. The van der Waals surface area contributed by atoms with Crippen molar-refractivity contribution in [2.75, 3.05) is 11.9 Å². The van der Waals surface area contributed by atoms with Crippen molar-refractivity contribution < 1.29 is 24.2 Å². The first-order valence-electron chi connectivity index (χ1n) is 5.59.